The summed E-state index contributed by atoms with van der Waals surface area (Å²) in [5, 5.41) is 6.92. The van der Waals surface area contributed by atoms with Gasteiger partial charge < -0.3 is 5.32 Å². The summed E-state index contributed by atoms with van der Waals surface area (Å²) < 4.78 is 24.2. The first-order chi connectivity index (χ1) is 8.35. The van der Waals surface area contributed by atoms with Gasteiger partial charge in [-0.3, -0.25) is 9.48 Å². The summed E-state index contributed by atoms with van der Waals surface area (Å²) in [7, 11) is -1.16. The Morgan fingerprint density at radius 1 is 1.61 bits per heavy atom. The molecule has 1 aliphatic heterocycles. The smallest absolute Gasteiger partial charge is 0.226 e. The van der Waals surface area contributed by atoms with E-state index in [-0.39, 0.29) is 29.9 Å². The van der Waals surface area contributed by atoms with E-state index in [1.165, 1.54) is 0 Å². The van der Waals surface area contributed by atoms with Crippen LogP contribution in [0.4, 0.5) is 0 Å². The molecule has 0 saturated carbocycles. The van der Waals surface area contributed by atoms with E-state index in [2.05, 4.69) is 10.4 Å². The summed E-state index contributed by atoms with van der Waals surface area (Å²) >= 11 is 0. The molecule has 0 radical (unpaired) electrons. The van der Waals surface area contributed by atoms with Crippen LogP contribution in [-0.4, -0.2) is 41.7 Å². The monoisotopic (exact) mass is 271 g/mol. The molecule has 1 unspecified atom stereocenters. The molecule has 1 saturated heterocycles. The highest BCUT2D eigenvalue weighted by molar-refractivity contribution is 7.91. The second-order valence-corrected chi connectivity index (χ2v) is 6.97. The predicted molar refractivity (Wildman–Crippen MR) is 66.9 cm³/mol. The van der Waals surface area contributed by atoms with Crippen molar-refractivity contribution in [3.8, 4) is 0 Å². The highest BCUT2D eigenvalue weighted by Crippen LogP contribution is 2.11. The Morgan fingerprint density at radius 2 is 2.33 bits per heavy atom. The first kappa shape index (κ1) is 13.1. The van der Waals surface area contributed by atoms with Gasteiger partial charge in [0, 0.05) is 18.8 Å². The van der Waals surface area contributed by atoms with Crippen LogP contribution in [0, 0.1) is 6.92 Å². The number of hydrogen-bond acceptors (Lipinski definition) is 4. The predicted octanol–water partition coefficient (Wildman–Crippen LogP) is -0.426. The molecule has 18 heavy (non-hydrogen) atoms. The van der Waals surface area contributed by atoms with Gasteiger partial charge in [0.05, 0.1) is 23.6 Å². The van der Waals surface area contributed by atoms with Crippen molar-refractivity contribution < 1.29 is 13.2 Å². The van der Waals surface area contributed by atoms with Crippen molar-refractivity contribution in [1.29, 1.82) is 0 Å². The second-order valence-electron chi connectivity index (χ2n) is 4.74. The van der Waals surface area contributed by atoms with E-state index in [4.69, 9.17) is 0 Å². The molecule has 1 fully saturated rings. The number of hydrogen-bond donors (Lipinski definition) is 1. The van der Waals surface area contributed by atoms with Crippen molar-refractivity contribution in [3.63, 3.8) is 0 Å². The number of rotatable bonds is 3. The lowest BCUT2D eigenvalue weighted by atomic mass is 10.2. The van der Waals surface area contributed by atoms with Crippen LogP contribution in [0.25, 0.3) is 0 Å². The van der Waals surface area contributed by atoms with Gasteiger partial charge in [0.25, 0.3) is 0 Å². The first-order valence-corrected chi connectivity index (χ1v) is 7.67. The SMILES string of the molecule is Cc1cc(CC(=O)NC2CCS(=O)(=O)C2)n(C)n1. The standard InChI is InChI=1S/C11H17N3O3S/c1-8-5-10(14(2)13-8)6-11(15)12-9-3-4-18(16,17)7-9/h5,9H,3-4,6-7H2,1-2H3,(H,12,15). The molecule has 0 bridgehead atoms. The minimum absolute atomic E-state index is 0.0587. The van der Waals surface area contributed by atoms with E-state index < -0.39 is 9.84 Å². The van der Waals surface area contributed by atoms with Crippen LogP contribution in [0.15, 0.2) is 6.07 Å². The van der Waals surface area contributed by atoms with Gasteiger partial charge in [-0.25, -0.2) is 8.42 Å². The van der Waals surface area contributed by atoms with Crippen molar-refractivity contribution >= 4 is 15.7 Å². The Bertz CT molecular complexity index is 562. The summed E-state index contributed by atoms with van der Waals surface area (Å²) in [4.78, 5) is 11.8. The number of nitrogens with zero attached hydrogens (tertiary/aromatic N) is 2. The molecule has 6 nitrogen and oxygen atoms in total. The fourth-order valence-electron chi connectivity index (χ4n) is 2.18. The van der Waals surface area contributed by atoms with E-state index in [9.17, 15) is 13.2 Å². The van der Waals surface area contributed by atoms with Gasteiger partial charge in [-0.05, 0) is 19.4 Å². The fraction of sp³-hybridized carbons (Fsp3) is 0.636. The maximum Gasteiger partial charge on any atom is 0.226 e. The summed E-state index contributed by atoms with van der Waals surface area (Å²) in [6.45, 7) is 1.87. The number of carbonyl (C=O) groups excluding carboxylic acids is 1. The molecule has 2 rings (SSSR count). The molecule has 1 aliphatic rings. The summed E-state index contributed by atoms with van der Waals surface area (Å²) in [6, 6.07) is 1.61. The van der Waals surface area contributed by atoms with E-state index in [0.717, 1.165) is 11.4 Å². The normalized spacial score (nSPS) is 22.0. The lowest BCUT2D eigenvalue weighted by Gasteiger charge is -2.10. The number of carbonyl (C=O) groups is 1. The molecule has 1 aromatic heterocycles. The minimum atomic E-state index is -2.95. The molecule has 1 atom stereocenters. The summed E-state index contributed by atoms with van der Waals surface area (Å²) in [5.41, 5.74) is 1.69. The van der Waals surface area contributed by atoms with Gasteiger partial charge in [0.15, 0.2) is 9.84 Å². The molecule has 100 valence electrons. The van der Waals surface area contributed by atoms with Gasteiger partial charge in [0.2, 0.25) is 5.91 Å². The number of aromatic nitrogens is 2. The number of aryl methyl sites for hydroxylation is 2. The fourth-order valence-corrected chi connectivity index (χ4v) is 3.86. The maximum absolute atomic E-state index is 11.8. The zero-order valence-corrected chi connectivity index (χ0v) is 11.3. The Labute approximate surface area is 106 Å². The molecule has 1 amide bonds. The van der Waals surface area contributed by atoms with E-state index in [1.807, 2.05) is 13.0 Å². The molecule has 7 heteroatoms. The molecular weight excluding hydrogens is 254 g/mol. The third-order valence-electron chi connectivity index (χ3n) is 3.04. The van der Waals surface area contributed by atoms with Gasteiger partial charge in [-0.15, -0.1) is 0 Å². The molecule has 2 heterocycles. The van der Waals surface area contributed by atoms with Crippen molar-refractivity contribution in [3.05, 3.63) is 17.5 Å². The number of sulfone groups is 1. The third kappa shape index (κ3) is 3.10. The molecule has 1 aromatic rings. The highest BCUT2D eigenvalue weighted by Gasteiger charge is 2.28. The lowest BCUT2D eigenvalue weighted by molar-refractivity contribution is -0.121. The molecular formula is C11H17N3O3S. The van der Waals surface area contributed by atoms with E-state index in [1.54, 1.807) is 11.7 Å². The van der Waals surface area contributed by atoms with Crippen LogP contribution in [0.2, 0.25) is 0 Å². The average molecular weight is 271 g/mol. The highest BCUT2D eigenvalue weighted by atomic mass is 32.2. The summed E-state index contributed by atoms with van der Waals surface area (Å²) in [6.07, 6.45) is 0.742. The maximum atomic E-state index is 11.8. The minimum Gasteiger partial charge on any atom is -0.352 e. The number of amides is 1. The summed E-state index contributed by atoms with van der Waals surface area (Å²) in [5.74, 6) is 0.0754. The Balaban J connectivity index is 1.92. The quantitative estimate of drug-likeness (QED) is 0.809. The van der Waals surface area contributed by atoms with Crippen molar-refractivity contribution in [2.24, 2.45) is 7.05 Å². The molecule has 0 spiro atoms. The van der Waals surface area contributed by atoms with Crippen molar-refractivity contribution in [2.45, 2.75) is 25.8 Å². The van der Waals surface area contributed by atoms with Crippen LogP contribution < -0.4 is 5.32 Å². The first-order valence-electron chi connectivity index (χ1n) is 5.85. The second kappa shape index (κ2) is 4.72. The van der Waals surface area contributed by atoms with E-state index in [0.29, 0.717) is 6.42 Å². The lowest BCUT2D eigenvalue weighted by Crippen LogP contribution is -2.36. The Morgan fingerprint density at radius 3 is 2.83 bits per heavy atom. The van der Waals surface area contributed by atoms with Crippen LogP contribution in [-0.2, 0) is 28.1 Å². The van der Waals surface area contributed by atoms with Gasteiger partial charge in [-0.1, -0.05) is 0 Å². The number of nitrogens with one attached hydrogen (secondary N) is 1. The molecule has 0 aliphatic carbocycles. The zero-order valence-electron chi connectivity index (χ0n) is 10.5. The molecule has 1 N–H and O–H groups in total. The largest absolute Gasteiger partial charge is 0.352 e. The van der Waals surface area contributed by atoms with Crippen LogP contribution in [0.5, 0.6) is 0 Å². The van der Waals surface area contributed by atoms with Crippen molar-refractivity contribution in [1.82, 2.24) is 15.1 Å². The average Bonchev–Trinajstić information content (AvgIpc) is 2.70. The van der Waals surface area contributed by atoms with Crippen molar-refractivity contribution in [2.75, 3.05) is 11.5 Å². The van der Waals surface area contributed by atoms with Gasteiger partial charge in [0.1, 0.15) is 0 Å². The van der Waals surface area contributed by atoms with Gasteiger partial charge >= 0.3 is 0 Å². The van der Waals surface area contributed by atoms with E-state index >= 15 is 0 Å². The molecule has 0 aromatic carbocycles. The van der Waals surface area contributed by atoms with Crippen LogP contribution in [0.3, 0.4) is 0 Å². The zero-order chi connectivity index (χ0) is 13.3. The Hall–Kier alpha value is -1.37. The van der Waals surface area contributed by atoms with Crippen LogP contribution >= 0.6 is 0 Å². The van der Waals surface area contributed by atoms with Gasteiger partial charge in [-0.2, -0.15) is 5.10 Å². The Kier molecular flexibility index (Phi) is 3.43. The topological polar surface area (TPSA) is 81.1 Å². The third-order valence-corrected chi connectivity index (χ3v) is 4.81. The van der Waals surface area contributed by atoms with Crippen LogP contribution in [0.1, 0.15) is 17.8 Å².